The molecule has 0 aromatic heterocycles. The number of hydrogen-bond donors (Lipinski definition) is 0. The van der Waals surface area contributed by atoms with Crippen LogP contribution in [0.1, 0.15) is 44.9 Å². The van der Waals surface area contributed by atoms with E-state index >= 15 is 0 Å². The van der Waals surface area contributed by atoms with Gasteiger partial charge in [0.15, 0.2) is 0 Å². The molecule has 0 aromatic rings. The minimum absolute atomic E-state index is 0.0625. The van der Waals surface area contributed by atoms with Gasteiger partial charge in [-0.1, -0.05) is 6.42 Å². The molecule has 2 aliphatic rings. The quantitative estimate of drug-likeness (QED) is 0.622. The van der Waals surface area contributed by atoms with E-state index in [4.69, 9.17) is 4.74 Å². The molecule has 1 spiro atoms. The average Bonchev–Trinajstić information content (AvgIpc) is 2.55. The smallest absolute Gasteiger partial charge is 0.141 e. The van der Waals surface area contributed by atoms with Crippen LogP contribution in [-0.4, -0.2) is 19.0 Å². The molecule has 0 aromatic carbocycles. The van der Waals surface area contributed by atoms with Gasteiger partial charge in [0.05, 0.1) is 11.5 Å². The third kappa shape index (κ3) is 1.32. The average molecular weight is 182 g/mol. The number of hydrogen-bond acceptors (Lipinski definition) is 2. The van der Waals surface area contributed by atoms with Crippen LogP contribution in [0.2, 0.25) is 0 Å². The van der Waals surface area contributed by atoms with Gasteiger partial charge in [-0.15, -0.1) is 0 Å². The maximum atomic E-state index is 11.9. The summed E-state index contributed by atoms with van der Waals surface area (Å²) in [7, 11) is 1.75. The van der Waals surface area contributed by atoms with E-state index in [1.165, 1.54) is 12.8 Å². The van der Waals surface area contributed by atoms with Crippen LogP contribution < -0.4 is 0 Å². The van der Waals surface area contributed by atoms with Crippen molar-refractivity contribution in [3.8, 4) is 0 Å². The summed E-state index contributed by atoms with van der Waals surface area (Å²) in [6.45, 7) is 0. The summed E-state index contributed by atoms with van der Waals surface area (Å²) in [5.74, 6) is 0.475. The zero-order valence-corrected chi connectivity index (χ0v) is 8.34. The molecule has 2 rings (SSSR count). The van der Waals surface area contributed by atoms with Crippen LogP contribution in [0.25, 0.3) is 0 Å². The predicted octanol–water partition coefficient (Wildman–Crippen LogP) is 2.31. The number of methoxy groups -OCH3 is 1. The molecule has 2 atom stereocenters. The fourth-order valence-electron chi connectivity index (χ4n) is 3.10. The van der Waals surface area contributed by atoms with E-state index < -0.39 is 0 Å². The fourth-order valence-corrected chi connectivity index (χ4v) is 3.10. The van der Waals surface area contributed by atoms with Gasteiger partial charge < -0.3 is 4.74 Å². The molecule has 0 heterocycles. The SMILES string of the molecule is CO[C@H]1CCC[C@@]12CCCCC2=O. The van der Waals surface area contributed by atoms with Crippen molar-refractivity contribution in [3.05, 3.63) is 0 Å². The normalized spacial score (nSPS) is 40.1. The molecule has 0 N–H and O–H groups in total. The Hall–Kier alpha value is -0.370. The topological polar surface area (TPSA) is 26.3 Å². The molecular formula is C11H18O2. The second kappa shape index (κ2) is 3.41. The number of ether oxygens (including phenoxy) is 1. The largest absolute Gasteiger partial charge is 0.380 e. The Morgan fingerprint density at radius 2 is 2.08 bits per heavy atom. The monoisotopic (exact) mass is 182 g/mol. The lowest BCUT2D eigenvalue weighted by molar-refractivity contribution is -0.138. The Morgan fingerprint density at radius 1 is 1.31 bits per heavy atom. The molecule has 0 radical (unpaired) electrons. The number of ketones is 1. The van der Waals surface area contributed by atoms with E-state index in [1.807, 2.05) is 0 Å². The predicted molar refractivity (Wildman–Crippen MR) is 50.6 cm³/mol. The Labute approximate surface area is 79.7 Å². The second-order valence-electron chi connectivity index (χ2n) is 4.40. The van der Waals surface area contributed by atoms with Crippen molar-refractivity contribution in [2.75, 3.05) is 7.11 Å². The van der Waals surface area contributed by atoms with E-state index in [9.17, 15) is 4.79 Å². The number of rotatable bonds is 1. The highest BCUT2D eigenvalue weighted by Gasteiger charge is 2.49. The van der Waals surface area contributed by atoms with Gasteiger partial charge in [-0.2, -0.15) is 0 Å². The lowest BCUT2D eigenvalue weighted by atomic mass is 9.70. The van der Waals surface area contributed by atoms with Crippen LogP contribution in [0.15, 0.2) is 0 Å². The third-order valence-corrected chi connectivity index (χ3v) is 3.82. The first kappa shape index (κ1) is 9.20. The van der Waals surface area contributed by atoms with Gasteiger partial charge in [-0.3, -0.25) is 4.79 Å². The highest BCUT2D eigenvalue weighted by atomic mass is 16.5. The van der Waals surface area contributed by atoms with Gasteiger partial charge in [0, 0.05) is 13.5 Å². The van der Waals surface area contributed by atoms with E-state index in [2.05, 4.69) is 0 Å². The lowest BCUT2D eigenvalue weighted by Crippen LogP contribution is -2.41. The van der Waals surface area contributed by atoms with Crippen LogP contribution in [0.3, 0.4) is 0 Å². The van der Waals surface area contributed by atoms with Crippen molar-refractivity contribution in [2.45, 2.75) is 51.0 Å². The fraction of sp³-hybridized carbons (Fsp3) is 0.909. The molecule has 0 unspecified atom stereocenters. The zero-order chi connectivity index (χ0) is 9.31. The van der Waals surface area contributed by atoms with E-state index in [0.29, 0.717) is 5.78 Å². The van der Waals surface area contributed by atoms with Crippen LogP contribution in [0, 0.1) is 5.41 Å². The Kier molecular flexibility index (Phi) is 2.41. The van der Waals surface area contributed by atoms with Crippen LogP contribution in [-0.2, 0) is 9.53 Å². The number of Topliss-reactive ketones (excluding diaryl/α,β-unsaturated/α-hetero) is 1. The lowest BCUT2D eigenvalue weighted by Gasteiger charge is -2.36. The molecule has 0 saturated heterocycles. The minimum Gasteiger partial charge on any atom is -0.380 e. The van der Waals surface area contributed by atoms with Gasteiger partial charge in [0.1, 0.15) is 5.78 Å². The van der Waals surface area contributed by atoms with Gasteiger partial charge >= 0.3 is 0 Å². The van der Waals surface area contributed by atoms with Crippen molar-refractivity contribution in [3.63, 3.8) is 0 Å². The molecule has 0 amide bonds. The molecule has 2 nitrogen and oxygen atoms in total. The molecule has 74 valence electrons. The van der Waals surface area contributed by atoms with E-state index in [-0.39, 0.29) is 11.5 Å². The maximum Gasteiger partial charge on any atom is 0.141 e. The second-order valence-corrected chi connectivity index (χ2v) is 4.40. The van der Waals surface area contributed by atoms with Crippen molar-refractivity contribution < 1.29 is 9.53 Å². The first-order chi connectivity index (χ1) is 6.29. The summed E-state index contributed by atoms with van der Waals surface area (Å²) in [4.78, 5) is 11.9. The highest BCUT2D eigenvalue weighted by Crippen LogP contribution is 2.47. The highest BCUT2D eigenvalue weighted by molar-refractivity contribution is 5.86. The van der Waals surface area contributed by atoms with Crippen molar-refractivity contribution in [2.24, 2.45) is 5.41 Å². The summed E-state index contributed by atoms with van der Waals surface area (Å²) in [5, 5.41) is 0. The Balaban J connectivity index is 2.20. The summed E-state index contributed by atoms with van der Waals surface area (Å²) in [5.41, 5.74) is -0.0625. The number of carbonyl (C=O) groups is 1. The van der Waals surface area contributed by atoms with Gasteiger partial charge in [-0.05, 0) is 32.1 Å². The standard InChI is InChI=1S/C11H18O2/c1-13-10-6-4-8-11(10)7-3-2-5-9(11)12/h10H,2-8H2,1H3/t10-,11+/m0/s1. The first-order valence-corrected chi connectivity index (χ1v) is 5.36. The summed E-state index contributed by atoms with van der Waals surface area (Å²) in [6, 6.07) is 0. The molecule has 2 heteroatoms. The van der Waals surface area contributed by atoms with Crippen molar-refractivity contribution in [1.82, 2.24) is 0 Å². The molecule has 0 aliphatic heterocycles. The maximum absolute atomic E-state index is 11.9. The molecule has 0 bridgehead atoms. The molecule has 13 heavy (non-hydrogen) atoms. The molecule has 2 fully saturated rings. The van der Waals surface area contributed by atoms with Crippen LogP contribution in [0.4, 0.5) is 0 Å². The zero-order valence-electron chi connectivity index (χ0n) is 8.34. The van der Waals surface area contributed by atoms with E-state index in [0.717, 1.165) is 32.1 Å². The Morgan fingerprint density at radius 3 is 2.77 bits per heavy atom. The van der Waals surface area contributed by atoms with Crippen molar-refractivity contribution >= 4 is 5.78 Å². The van der Waals surface area contributed by atoms with Gasteiger partial charge in [0.25, 0.3) is 0 Å². The summed E-state index contributed by atoms with van der Waals surface area (Å²) >= 11 is 0. The van der Waals surface area contributed by atoms with Crippen molar-refractivity contribution in [1.29, 1.82) is 0 Å². The molecule has 2 saturated carbocycles. The van der Waals surface area contributed by atoms with Crippen LogP contribution in [0.5, 0.6) is 0 Å². The molecule has 2 aliphatic carbocycles. The summed E-state index contributed by atoms with van der Waals surface area (Å²) in [6.07, 6.45) is 7.73. The van der Waals surface area contributed by atoms with Gasteiger partial charge in [-0.25, -0.2) is 0 Å². The molecular weight excluding hydrogens is 164 g/mol. The van der Waals surface area contributed by atoms with Crippen LogP contribution >= 0.6 is 0 Å². The summed E-state index contributed by atoms with van der Waals surface area (Å²) < 4.78 is 5.45. The minimum atomic E-state index is -0.0625. The van der Waals surface area contributed by atoms with Gasteiger partial charge in [0.2, 0.25) is 0 Å². The third-order valence-electron chi connectivity index (χ3n) is 3.82. The first-order valence-electron chi connectivity index (χ1n) is 5.36. The Bertz CT molecular complexity index is 212. The number of carbonyl (C=O) groups excluding carboxylic acids is 1. The van der Waals surface area contributed by atoms with E-state index in [1.54, 1.807) is 7.11 Å².